The van der Waals surface area contributed by atoms with Crippen molar-refractivity contribution >= 4 is 5.91 Å². The minimum atomic E-state index is -1.01. The summed E-state index contributed by atoms with van der Waals surface area (Å²) in [5.74, 6) is -2.00. The predicted molar refractivity (Wildman–Crippen MR) is 90.1 cm³/mol. The van der Waals surface area contributed by atoms with Crippen molar-refractivity contribution in [1.82, 2.24) is 5.32 Å². The van der Waals surface area contributed by atoms with Crippen molar-refractivity contribution in [2.75, 3.05) is 19.7 Å². The highest BCUT2D eigenvalue weighted by Gasteiger charge is 2.32. The Hall–Kier alpha value is -1.73. The van der Waals surface area contributed by atoms with Gasteiger partial charge in [-0.05, 0) is 36.9 Å². The van der Waals surface area contributed by atoms with Gasteiger partial charge >= 0.3 is 0 Å². The van der Waals surface area contributed by atoms with Crippen LogP contribution in [-0.2, 0) is 4.79 Å². The second-order valence-electron chi connectivity index (χ2n) is 6.79. The number of rotatable bonds is 8. The van der Waals surface area contributed by atoms with Gasteiger partial charge in [0.1, 0.15) is 18.5 Å². The summed E-state index contributed by atoms with van der Waals surface area (Å²) in [5, 5.41) is 12.6. The van der Waals surface area contributed by atoms with Gasteiger partial charge in [0.2, 0.25) is 5.91 Å². The molecule has 25 heavy (non-hydrogen) atoms. The van der Waals surface area contributed by atoms with Crippen molar-refractivity contribution in [1.29, 1.82) is 0 Å². The summed E-state index contributed by atoms with van der Waals surface area (Å²) in [4.78, 5) is 12.1. The first-order chi connectivity index (χ1) is 11.9. The second-order valence-corrected chi connectivity index (χ2v) is 6.79. The largest absolute Gasteiger partial charge is 0.491 e. The third-order valence-corrected chi connectivity index (χ3v) is 4.75. The minimum Gasteiger partial charge on any atom is -0.491 e. The standard InChI is InChI=1S/C18H26F2N2O3/c19-15-5-4-14(8-16(15)20)25-11-13(23)10-22-17(24)9-18(12-21)6-2-1-3-7-18/h4-5,8,13,23H,1-3,6-7,9-12,21H2,(H,22,24). The van der Waals surface area contributed by atoms with Gasteiger partial charge in [-0.25, -0.2) is 8.78 Å². The van der Waals surface area contributed by atoms with E-state index >= 15 is 0 Å². The zero-order valence-electron chi connectivity index (χ0n) is 14.3. The maximum atomic E-state index is 13.1. The maximum absolute atomic E-state index is 13.1. The number of halogens is 2. The first kappa shape index (κ1) is 19.6. The van der Waals surface area contributed by atoms with Gasteiger partial charge in [-0.2, -0.15) is 0 Å². The van der Waals surface area contributed by atoms with E-state index in [1.807, 2.05) is 0 Å². The van der Waals surface area contributed by atoms with Crippen molar-refractivity contribution < 1.29 is 23.4 Å². The molecule has 1 amide bonds. The van der Waals surface area contributed by atoms with Gasteiger partial charge in [-0.15, -0.1) is 0 Å². The van der Waals surface area contributed by atoms with Crippen LogP contribution in [0.2, 0.25) is 0 Å². The fourth-order valence-corrected chi connectivity index (χ4v) is 3.21. The summed E-state index contributed by atoms with van der Waals surface area (Å²) < 4.78 is 31.1. The number of ether oxygens (including phenoxy) is 1. The smallest absolute Gasteiger partial charge is 0.220 e. The molecule has 2 rings (SSSR count). The Labute approximate surface area is 146 Å². The number of benzene rings is 1. The van der Waals surface area contributed by atoms with Crippen LogP contribution < -0.4 is 15.8 Å². The molecule has 7 heteroatoms. The number of aliphatic hydroxyl groups is 1. The van der Waals surface area contributed by atoms with E-state index in [-0.39, 0.29) is 30.2 Å². The molecule has 1 saturated carbocycles. The molecular formula is C18H26F2N2O3. The molecule has 1 unspecified atom stereocenters. The van der Waals surface area contributed by atoms with Crippen molar-refractivity contribution in [3.05, 3.63) is 29.8 Å². The van der Waals surface area contributed by atoms with E-state index in [9.17, 15) is 18.7 Å². The monoisotopic (exact) mass is 356 g/mol. The third kappa shape index (κ3) is 5.93. The van der Waals surface area contributed by atoms with E-state index in [1.54, 1.807) is 0 Å². The summed E-state index contributed by atoms with van der Waals surface area (Å²) in [6, 6.07) is 3.14. The van der Waals surface area contributed by atoms with Gasteiger partial charge in [0.15, 0.2) is 11.6 Å². The molecule has 1 fully saturated rings. The Bertz CT molecular complexity index is 577. The van der Waals surface area contributed by atoms with Crippen LogP contribution in [0, 0.1) is 17.0 Å². The lowest BCUT2D eigenvalue weighted by atomic mass is 9.71. The molecule has 0 aromatic heterocycles. The van der Waals surface area contributed by atoms with Gasteiger partial charge < -0.3 is 20.9 Å². The number of carbonyl (C=O) groups excluding carboxylic acids is 1. The summed E-state index contributed by atoms with van der Waals surface area (Å²) >= 11 is 0. The lowest BCUT2D eigenvalue weighted by Gasteiger charge is -2.35. The Morgan fingerprint density at radius 3 is 2.64 bits per heavy atom. The van der Waals surface area contributed by atoms with E-state index < -0.39 is 17.7 Å². The second kappa shape index (κ2) is 9.10. The Balaban J connectivity index is 1.72. The molecule has 0 spiro atoms. The van der Waals surface area contributed by atoms with Crippen LogP contribution in [0.15, 0.2) is 18.2 Å². The molecule has 140 valence electrons. The molecule has 0 bridgehead atoms. The highest BCUT2D eigenvalue weighted by molar-refractivity contribution is 5.76. The number of hydrogen-bond acceptors (Lipinski definition) is 4. The summed E-state index contributed by atoms with van der Waals surface area (Å²) in [7, 11) is 0. The lowest BCUT2D eigenvalue weighted by molar-refractivity contribution is -0.124. The van der Waals surface area contributed by atoms with E-state index in [2.05, 4.69) is 5.32 Å². The van der Waals surface area contributed by atoms with Crippen molar-refractivity contribution in [3.8, 4) is 5.75 Å². The molecule has 1 aromatic rings. The SMILES string of the molecule is NCC1(CC(=O)NCC(O)COc2ccc(F)c(F)c2)CCCCC1. The van der Waals surface area contributed by atoms with Gasteiger partial charge in [-0.1, -0.05) is 19.3 Å². The molecule has 1 aromatic carbocycles. The summed E-state index contributed by atoms with van der Waals surface area (Å²) in [5.41, 5.74) is 5.74. The van der Waals surface area contributed by atoms with Crippen LogP contribution in [0.4, 0.5) is 8.78 Å². The molecule has 0 aliphatic heterocycles. The number of nitrogens with one attached hydrogen (secondary N) is 1. The average molecular weight is 356 g/mol. The van der Waals surface area contributed by atoms with Crippen molar-refractivity contribution in [2.45, 2.75) is 44.6 Å². The molecule has 1 aliphatic carbocycles. The van der Waals surface area contributed by atoms with Crippen molar-refractivity contribution in [3.63, 3.8) is 0 Å². The normalized spacial score (nSPS) is 17.8. The number of nitrogens with two attached hydrogens (primary N) is 1. The van der Waals surface area contributed by atoms with Gasteiger partial charge in [0, 0.05) is 19.0 Å². The number of carbonyl (C=O) groups is 1. The summed E-state index contributed by atoms with van der Waals surface area (Å²) in [6.07, 6.45) is 4.70. The van der Waals surface area contributed by atoms with E-state index in [4.69, 9.17) is 10.5 Å². The zero-order valence-corrected chi connectivity index (χ0v) is 14.3. The van der Waals surface area contributed by atoms with Gasteiger partial charge in [0.25, 0.3) is 0 Å². The van der Waals surface area contributed by atoms with Gasteiger partial charge in [-0.3, -0.25) is 4.79 Å². The third-order valence-electron chi connectivity index (χ3n) is 4.75. The van der Waals surface area contributed by atoms with Crippen LogP contribution >= 0.6 is 0 Å². The molecule has 1 aliphatic rings. The highest BCUT2D eigenvalue weighted by Crippen LogP contribution is 2.38. The maximum Gasteiger partial charge on any atom is 0.220 e. The number of hydrogen-bond donors (Lipinski definition) is 3. The van der Waals surface area contributed by atoms with Crippen LogP contribution in [0.25, 0.3) is 0 Å². The van der Waals surface area contributed by atoms with Crippen molar-refractivity contribution in [2.24, 2.45) is 11.1 Å². The summed E-state index contributed by atoms with van der Waals surface area (Å²) in [6.45, 7) is 0.388. The number of amides is 1. The van der Waals surface area contributed by atoms with Gasteiger partial charge in [0.05, 0.1) is 0 Å². The van der Waals surface area contributed by atoms with E-state index in [0.29, 0.717) is 13.0 Å². The minimum absolute atomic E-state index is 0.0309. The van der Waals surface area contributed by atoms with E-state index in [0.717, 1.165) is 37.8 Å². The lowest BCUT2D eigenvalue weighted by Crippen LogP contribution is -2.41. The fraction of sp³-hybridized carbons (Fsp3) is 0.611. The number of aliphatic hydroxyl groups excluding tert-OH is 1. The molecular weight excluding hydrogens is 330 g/mol. The first-order valence-electron chi connectivity index (χ1n) is 8.67. The molecule has 5 nitrogen and oxygen atoms in total. The Kier molecular flexibility index (Phi) is 7.13. The first-order valence-corrected chi connectivity index (χ1v) is 8.67. The molecule has 4 N–H and O–H groups in total. The van der Waals surface area contributed by atoms with Crippen LogP contribution in [0.1, 0.15) is 38.5 Å². The topological polar surface area (TPSA) is 84.6 Å². The van der Waals surface area contributed by atoms with Crippen LogP contribution in [-0.4, -0.2) is 36.8 Å². The average Bonchev–Trinajstić information content (AvgIpc) is 2.61. The Morgan fingerprint density at radius 2 is 2.00 bits per heavy atom. The molecule has 0 radical (unpaired) electrons. The van der Waals surface area contributed by atoms with Crippen LogP contribution in [0.5, 0.6) is 5.75 Å². The highest BCUT2D eigenvalue weighted by atomic mass is 19.2. The Morgan fingerprint density at radius 1 is 1.28 bits per heavy atom. The molecule has 0 heterocycles. The van der Waals surface area contributed by atoms with Crippen LogP contribution in [0.3, 0.4) is 0 Å². The predicted octanol–water partition coefficient (Wildman–Crippen LogP) is 2.12. The quantitative estimate of drug-likeness (QED) is 0.666. The molecule has 1 atom stereocenters. The van der Waals surface area contributed by atoms with E-state index in [1.165, 1.54) is 12.5 Å². The molecule has 0 saturated heterocycles. The zero-order chi connectivity index (χ0) is 18.3. The fourth-order valence-electron chi connectivity index (χ4n) is 3.21.